The van der Waals surface area contributed by atoms with Crippen LogP contribution in [0.15, 0.2) is 72.9 Å². The van der Waals surface area contributed by atoms with E-state index in [9.17, 15) is 9.90 Å². The third-order valence-electron chi connectivity index (χ3n) is 4.32. The lowest BCUT2D eigenvalue weighted by atomic mass is 10.1. The van der Waals surface area contributed by atoms with Gasteiger partial charge in [0.1, 0.15) is 5.56 Å². The lowest BCUT2D eigenvalue weighted by Gasteiger charge is -2.08. The summed E-state index contributed by atoms with van der Waals surface area (Å²) in [5.74, 6) is -0.254. The zero-order valence-electron chi connectivity index (χ0n) is 14.5. The number of aromatic nitrogens is 3. The maximum Gasteiger partial charge on any atom is 0.257 e. The molecule has 1 amide bonds. The van der Waals surface area contributed by atoms with Crippen molar-refractivity contribution >= 4 is 11.6 Å². The average molecular weight is 358 g/mol. The second kappa shape index (κ2) is 7.39. The molecule has 0 aliphatic carbocycles. The number of rotatable bonds is 5. The van der Waals surface area contributed by atoms with Gasteiger partial charge in [-0.1, -0.05) is 60.7 Å². The van der Waals surface area contributed by atoms with Gasteiger partial charge in [0.05, 0.1) is 24.2 Å². The normalized spacial score (nSPS) is 10.9. The maximum absolute atomic E-state index is 12.7. The molecule has 2 aromatic heterocycles. The molecule has 6 nitrogen and oxygen atoms in total. The molecule has 4 aromatic rings. The molecule has 0 aliphatic rings. The van der Waals surface area contributed by atoms with Crippen LogP contribution in [0.3, 0.4) is 0 Å². The smallest absolute Gasteiger partial charge is 0.257 e. The van der Waals surface area contributed by atoms with E-state index in [1.165, 1.54) is 10.7 Å². The summed E-state index contributed by atoms with van der Waals surface area (Å²) in [6, 6.07) is 21.1. The molecule has 4 rings (SSSR count). The third-order valence-corrected chi connectivity index (χ3v) is 4.32. The van der Waals surface area contributed by atoms with E-state index < -0.39 is 0 Å². The molecule has 134 valence electrons. The number of amides is 1. The first-order chi connectivity index (χ1) is 13.3. The van der Waals surface area contributed by atoms with Crippen LogP contribution >= 0.6 is 0 Å². The highest BCUT2D eigenvalue weighted by Crippen LogP contribution is 2.21. The van der Waals surface area contributed by atoms with E-state index in [0.29, 0.717) is 29.1 Å². The fourth-order valence-corrected chi connectivity index (χ4v) is 2.93. The highest BCUT2D eigenvalue weighted by atomic mass is 16.3. The average Bonchev–Trinajstić information content (AvgIpc) is 3.17. The van der Waals surface area contributed by atoms with Gasteiger partial charge < -0.3 is 10.4 Å². The van der Waals surface area contributed by atoms with Crippen molar-refractivity contribution in [1.29, 1.82) is 0 Å². The van der Waals surface area contributed by atoms with Crippen LogP contribution in [-0.2, 0) is 13.2 Å². The fourth-order valence-electron chi connectivity index (χ4n) is 2.93. The first-order valence-electron chi connectivity index (χ1n) is 8.62. The van der Waals surface area contributed by atoms with Crippen molar-refractivity contribution in [2.45, 2.75) is 13.2 Å². The van der Waals surface area contributed by atoms with Gasteiger partial charge in [0.25, 0.3) is 5.91 Å². The van der Waals surface area contributed by atoms with E-state index in [4.69, 9.17) is 0 Å². The van der Waals surface area contributed by atoms with Gasteiger partial charge in [-0.2, -0.15) is 5.10 Å². The van der Waals surface area contributed by atoms with E-state index in [1.54, 1.807) is 6.07 Å². The van der Waals surface area contributed by atoms with Crippen molar-refractivity contribution in [3.63, 3.8) is 0 Å². The molecule has 0 radical (unpaired) electrons. The van der Waals surface area contributed by atoms with E-state index in [2.05, 4.69) is 15.4 Å². The number of aliphatic hydroxyl groups is 1. The maximum atomic E-state index is 12.7. The summed E-state index contributed by atoms with van der Waals surface area (Å²) in [5.41, 5.74) is 3.97. The van der Waals surface area contributed by atoms with Gasteiger partial charge in [-0.15, -0.1) is 0 Å². The molecule has 2 N–H and O–H groups in total. The molecule has 0 saturated carbocycles. The summed E-state index contributed by atoms with van der Waals surface area (Å²) in [4.78, 5) is 17.3. The van der Waals surface area contributed by atoms with Crippen LogP contribution in [0.4, 0.5) is 0 Å². The van der Waals surface area contributed by atoms with Gasteiger partial charge in [-0.25, -0.2) is 9.50 Å². The molecule has 0 fully saturated rings. The Hall–Kier alpha value is -3.51. The summed E-state index contributed by atoms with van der Waals surface area (Å²) in [5, 5.41) is 16.8. The number of hydrogen-bond donors (Lipinski definition) is 2. The number of fused-ring (bicyclic) bond motifs is 1. The lowest BCUT2D eigenvalue weighted by Crippen LogP contribution is -2.22. The Kier molecular flexibility index (Phi) is 4.63. The Bertz CT molecular complexity index is 1080. The van der Waals surface area contributed by atoms with Gasteiger partial charge in [-0.05, 0) is 11.6 Å². The van der Waals surface area contributed by atoms with Crippen LogP contribution < -0.4 is 5.32 Å². The molecule has 0 atom stereocenters. The van der Waals surface area contributed by atoms with Crippen molar-refractivity contribution in [2.24, 2.45) is 0 Å². The van der Waals surface area contributed by atoms with Gasteiger partial charge in [-0.3, -0.25) is 4.79 Å². The Balaban J connectivity index is 1.70. The molecule has 6 heteroatoms. The van der Waals surface area contributed by atoms with Gasteiger partial charge in [0, 0.05) is 12.1 Å². The highest BCUT2D eigenvalue weighted by molar-refractivity contribution is 5.99. The molecule has 0 bridgehead atoms. The molecule has 0 unspecified atom stereocenters. The van der Waals surface area contributed by atoms with Gasteiger partial charge >= 0.3 is 0 Å². The van der Waals surface area contributed by atoms with Gasteiger partial charge in [0.15, 0.2) is 5.65 Å². The minimum atomic E-state index is -0.254. The Morgan fingerprint density at radius 2 is 1.74 bits per heavy atom. The highest BCUT2D eigenvalue weighted by Gasteiger charge is 2.17. The summed E-state index contributed by atoms with van der Waals surface area (Å²) in [7, 11) is 0. The lowest BCUT2D eigenvalue weighted by molar-refractivity contribution is 0.0952. The van der Waals surface area contributed by atoms with Crippen LogP contribution in [0.2, 0.25) is 0 Å². The second-order valence-electron chi connectivity index (χ2n) is 6.12. The van der Waals surface area contributed by atoms with Gasteiger partial charge in [0.2, 0.25) is 0 Å². The van der Waals surface area contributed by atoms with Crippen LogP contribution in [0.1, 0.15) is 21.6 Å². The predicted octanol–water partition coefficient (Wildman–Crippen LogP) is 2.82. The van der Waals surface area contributed by atoms with Crippen molar-refractivity contribution in [2.75, 3.05) is 0 Å². The standard InChI is InChI=1S/C21H18N4O2/c26-14-17-11-19(16-9-5-2-6-10-16)24-20-18(13-23-25(17)20)21(27)22-12-15-7-3-1-4-8-15/h1-11,13,26H,12,14H2,(H,22,27). The monoisotopic (exact) mass is 358 g/mol. The van der Waals surface area contributed by atoms with E-state index in [1.807, 2.05) is 60.7 Å². The number of aliphatic hydroxyl groups excluding tert-OH is 1. The van der Waals surface area contributed by atoms with Crippen LogP contribution in [-0.4, -0.2) is 25.6 Å². The summed E-state index contributed by atoms with van der Waals surface area (Å²) in [6.45, 7) is 0.216. The number of nitrogens with zero attached hydrogens (tertiary/aromatic N) is 3. The third kappa shape index (κ3) is 3.43. The van der Waals surface area contributed by atoms with E-state index in [-0.39, 0.29) is 12.5 Å². The zero-order valence-corrected chi connectivity index (χ0v) is 14.5. The first-order valence-corrected chi connectivity index (χ1v) is 8.62. The molecule has 2 aromatic carbocycles. The van der Waals surface area contributed by atoms with Crippen molar-refractivity contribution in [3.05, 3.63) is 89.7 Å². The van der Waals surface area contributed by atoms with Crippen LogP contribution in [0, 0.1) is 0 Å². The number of carbonyl (C=O) groups is 1. The van der Waals surface area contributed by atoms with Crippen molar-refractivity contribution < 1.29 is 9.90 Å². The summed E-state index contributed by atoms with van der Waals surface area (Å²) < 4.78 is 1.50. The predicted molar refractivity (Wildman–Crippen MR) is 102 cm³/mol. The fraction of sp³-hybridized carbons (Fsp3) is 0.0952. The molecule has 0 aliphatic heterocycles. The number of hydrogen-bond acceptors (Lipinski definition) is 4. The summed E-state index contributed by atoms with van der Waals surface area (Å²) in [6.07, 6.45) is 1.48. The number of nitrogens with one attached hydrogen (secondary N) is 1. The minimum Gasteiger partial charge on any atom is -0.390 e. The molecule has 0 saturated heterocycles. The quantitative estimate of drug-likeness (QED) is 0.575. The Morgan fingerprint density at radius 3 is 2.44 bits per heavy atom. The summed E-state index contributed by atoms with van der Waals surface area (Å²) >= 11 is 0. The number of carbonyl (C=O) groups excluding carboxylic acids is 1. The van der Waals surface area contributed by atoms with Crippen LogP contribution in [0.25, 0.3) is 16.9 Å². The topological polar surface area (TPSA) is 79.5 Å². The first kappa shape index (κ1) is 16.9. The molecule has 0 spiro atoms. The molecular formula is C21H18N4O2. The Morgan fingerprint density at radius 1 is 1.04 bits per heavy atom. The number of benzene rings is 2. The van der Waals surface area contributed by atoms with Crippen molar-refractivity contribution in [3.8, 4) is 11.3 Å². The van der Waals surface area contributed by atoms with Crippen molar-refractivity contribution in [1.82, 2.24) is 19.9 Å². The van der Waals surface area contributed by atoms with E-state index >= 15 is 0 Å². The van der Waals surface area contributed by atoms with E-state index in [0.717, 1.165) is 11.1 Å². The Labute approximate surface area is 156 Å². The van der Waals surface area contributed by atoms with Crippen LogP contribution in [0.5, 0.6) is 0 Å². The largest absolute Gasteiger partial charge is 0.390 e. The SMILES string of the molecule is O=C(NCc1ccccc1)c1cnn2c(CO)cc(-c3ccccc3)nc12. The zero-order chi connectivity index (χ0) is 18.6. The minimum absolute atomic E-state index is 0.203. The molecule has 27 heavy (non-hydrogen) atoms. The molecular weight excluding hydrogens is 340 g/mol. The molecule has 2 heterocycles. The second-order valence-corrected chi connectivity index (χ2v) is 6.12.